The molecule has 1 heterocycles. The molecule has 0 radical (unpaired) electrons. The Bertz CT molecular complexity index is 1140. The smallest absolute Gasteiger partial charge is 0.259 e. The molecule has 0 saturated heterocycles. The molecule has 1 unspecified atom stereocenters. The van der Waals surface area contributed by atoms with Crippen molar-refractivity contribution in [3.63, 3.8) is 0 Å². The minimum atomic E-state index is -0.973. The van der Waals surface area contributed by atoms with Crippen LogP contribution in [0.5, 0.6) is 0 Å². The molecule has 0 bridgehead atoms. The number of aryl methyl sites for hydroxylation is 1. The number of hydrogen-bond acceptors (Lipinski definition) is 3. The van der Waals surface area contributed by atoms with E-state index in [1.54, 1.807) is 48.5 Å². The number of halogens is 1. The van der Waals surface area contributed by atoms with Gasteiger partial charge < -0.3 is 10.6 Å². The fourth-order valence-electron chi connectivity index (χ4n) is 3.48. The minimum Gasteiger partial charge on any atom is -0.326 e. The monoisotopic (exact) mass is 477 g/mol. The van der Waals surface area contributed by atoms with Crippen LogP contribution in [0.2, 0.25) is 0 Å². The number of carbonyl (C=O) groups is 3. The highest BCUT2D eigenvalue weighted by Gasteiger charge is 2.38. The summed E-state index contributed by atoms with van der Waals surface area (Å²) >= 11 is 3.36. The normalized spacial score (nSPS) is 15.1. The predicted octanol–water partition coefficient (Wildman–Crippen LogP) is 4.75. The summed E-state index contributed by atoms with van der Waals surface area (Å²) in [6.45, 7) is 1.94. The minimum absolute atomic E-state index is 0.173. The molecule has 0 fully saturated rings. The lowest BCUT2D eigenvalue weighted by atomic mass is 10.0. The summed E-state index contributed by atoms with van der Waals surface area (Å²) in [6, 6.07) is 20.4. The summed E-state index contributed by atoms with van der Waals surface area (Å²) in [5, 5.41) is 5.60. The first-order valence-corrected chi connectivity index (χ1v) is 10.6. The lowest BCUT2D eigenvalue weighted by Gasteiger charge is -2.36. The Morgan fingerprint density at radius 1 is 1.00 bits per heavy atom. The Morgan fingerprint density at radius 3 is 2.39 bits per heavy atom. The van der Waals surface area contributed by atoms with Crippen molar-refractivity contribution in [2.45, 2.75) is 19.4 Å². The van der Waals surface area contributed by atoms with Gasteiger partial charge in [0.2, 0.25) is 11.8 Å². The van der Waals surface area contributed by atoms with Gasteiger partial charge in [0.1, 0.15) is 6.04 Å². The van der Waals surface area contributed by atoms with E-state index in [1.807, 2.05) is 31.2 Å². The van der Waals surface area contributed by atoms with Crippen LogP contribution in [0.25, 0.3) is 0 Å². The van der Waals surface area contributed by atoms with Crippen LogP contribution >= 0.6 is 15.9 Å². The van der Waals surface area contributed by atoms with Crippen molar-refractivity contribution in [1.82, 2.24) is 0 Å². The zero-order chi connectivity index (χ0) is 22.0. The summed E-state index contributed by atoms with van der Waals surface area (Å²) in [6.07, 6.45) is -0.173. The van der Waals surface area contributed by atoms with E-state index < -0.39 is 11.9 Å². The molecule has 1 aliphatic heterocycles. The Kier molecular flexibility index (Phi) is 5.86. The lowest BCUT2D eigenvalue weighted by molar-refractivity contribution is -0.122. The third kappa shape index (κ3) is 4.51. The van der Waals surface area contributed by atoms with Gasteiger partial charge in [0.25, 0.3) is 5.91 Å². The van der Waals surface area contributed by atoms with Crippen molar-refractivity contribution in [2.24, 2.45) is 0 Å². The highest BCUT2D eigenvalue weighted by atomic mass is 79.9. The second-order valence-electron chi connectivity index (χ2n) is 7.32. The fraction of sp³-hybridized carbons (Fsp3) is 0.125. The highest BCUT2D eigenvalue weighted by Crippen LogP contribution is 2.34. The Morgan fingerprint density at radius 2 is 1.68 bits per heavy atom. The van der Waals surface area contributed by atoms with Gasteiger partial charge in [-0.1, -0.05) is 45.8 Å². The molecule has 156 valence electrons. The van der Waals surface area contributed by atoms with E-state index in [0.717, 1.165) is 10.0 Å². The molecule has 6 nitrogen and oxygen atoms in total. The first-order chi connectivity index (χ1) is 14.9. The maximum absolute atomic E-state index is 13.4. The quantitative estimate of drug-likeness (QED) is 0.568. The van der Waals surface area contributed by atoms with Crippen LogP contribution in [0.4, 0.5) is 17.1 Å². The molecular weight excluding hydrogens is 458 g/mol. The van der Waals surface area contributed by atoms with Crippen LogP contribution in [0.3, 0.4) is 0 Å². The van der Waals surface area contributed by atoms with Gasteiger partial charge in [0, 0.05) is 15.7 Å². The van der Waals surface area contributed by atoms with E-state index in [2.05, 4.69) is 26.6 Å². The Labute approximate surface area is 188 Å². The van der Waals surface area contributed by atoms with Crippen LogP contribution < -0.4 is 15.5 Å². The van der Waals surface area contributed by atoms with Gasteiger partial charge in [-0.25, -0.2) is 0 Å². The number of carbonyl (C=O) groups excluding carboxylic acids is 3. The summed E-state index contributed by atoms with van der Waals surface area (Å²) in [5.41, 5.74) is 3.19. The number of nitrogens with one attached hydrogen (secondary N) is 2. The van der Waals surface area contributed by atoms with Gasteiger partial charge in [-0.3, -0.25) is 19.3 Å². The standard InChI is InChI=1S/C24H20BrN3O3/c1-15-6-8-16(9-7-15)24(31)28-20-5-3-2-4-19(20)27-23(30)21(28)14-22(29)26-18-12-10-17(25)11-13-18/h2-13,21H,14H2,1H3,(H,26,29)(H,27,30). The molecule has 0 spiro atoms. The molecular formula is C24H20BrN3O3. The number of anilines is 3. The summed E-state index contributed by atoms with van der Waals surface area (Å²) in [4.78, 5) is 40.5. The van der Waals surface area contributed by atoms with Crippen molar-refractivity contribution < 1.29 is 14.4 Å². The van der Waals surface area contributed by atoms with E-state index in [1.165, 1.54) is 4.90 Å². The van der Waals surface area contributed by atoms with Gasteiger partial charge in [0.05, 0.1) is 17.8 Å². The highest BCUT2D eigenvalue weighted by molar-refractivity contribution is 9.10. The van der Waals surface area contributed by atoms with Gasteiger partial charge >= 0.3 is 0 Å². The largest absolute Gasteiger partial charge is 0.326 e. The molecule has 0 aliphatic carbocycles. The van der Waals surface area contributed by atoms with Gasteiger partial charge in [-0.05, 0) is 55.5 Å². The molecule has 3 amide bonds. The van der Waals surface area contributed by atoms with Crippen LogP contribution in [0.15, 0.2) is 77.3 Å². The van der Waals surface area contributed by atoms with Crippen molar-refractivity contribution in [2.75, 3.05) is 15.5 Å². The van der Waals surface area contributed by atoms with E-state index in [9.17, 15) is 14.4 Å². The molecule has 7 heteroatoms. The van der Waals surface area contributed by atoms with Gasteiger partial charge in [-0.2, -0.15) is 0 Å². The number of nitrogens with zero attached hydrogens (tertiary/aromatic N) is 1. The van der Waals surface area contributed by atoms with Gasteiger partial charge in [-0.15, -0.1) is 0 Å². The zero-order valence-electron chi connectivity index (χ0n) is 16.8. The third-order valence-corrected chi connectivity index (χ3v) is 5.59. The third-order valence-electron chi connectivity index (χ3n) is 5.06. The van der Waals surface area contributed by atoms with E-state index in [-0.39, 0.29) is 18.2 Å². The average molecular weight is 478 g/mol. The molecule has 1 atom stereocenters. The van der Waals surface area contributed by atoms with Crippen molar-refractivity contribution in [1.29, 1.82) is 0 Å². The molecule has 0 aromatic heterocycles. The first kappa shape index (κ1) is 20.8. The van der Waals surface area contributed by atoms with Crippen LogP contribution in [-0.2, 0) is 9.59 Å². The van der Waals surface area contributed by atoms with E-state index in [4.69, 9.17) is 0 Å². The number of benzene rings is 3. The lowest BCUT2D eigenvalue weighted by Crippen LogP contribution is -2.52. The van der Waals surface area contributed by atoms with E-state index in [0.29, 0.717) is 22.6 Å². The summed E-state index contributed by atoms with van der Waals surface area (Å²) < 4.78 is 0.892. The van der Waals surface area contributed by atoms with E-state index >= 15 is 0 Å². The summed E-state index contributed by atoms with van der Waals surface area (Å²) in [7, 11) is 0. The predicted molar refractivity (Wildman–Crippen MR) is 124 cm³/mol. The Balaban J connectivity index is 1.64. The molecule has 3 aromatic carbocycles. The number of rotatable bonds is 4. The molecule has 31 heavy (non-hydrogen) atoms. The zero-order valence-corrected chi connectivity index (χ0v) is 18.3. The second-order valence-corrected chi connectivity index (χ2v) is 8.24. The van der Waals surface area contributed by atoms with Crippen molar-refractivity contribution in [3.8, 4) is 0 Å². The Hall–Kier alpha value is -3.45. The SMILES string of the molecule is Cc1ccc(C(=O)N2c3ccccc3NC(=O)C2CC(=O)Nc2ccc(Br)cc2)cc1. The second kappa shape index (κ2) is 8.73. The number of amides is 3. The molecule has 3 aromatic rings. The topological polar surface area (TPSA) is 78.5 Å². The molecule has 1 aliphatic rings. The molecule has 2 N–H and O–H groups in total. The first-order valence-electron chi connectivity index (χ1n) is 9.78. The van der Waals surface area contributed by atoms with Crippen molar-refractivity contribution >= 4 is 50.7 Å². The number of hydrogen-bond donors (Lipinski definition) is 2. The van der Waals surface area contributed by atoms with Crippen LogP contribution in [-0.4, -0.2) is 23.8 Å². The summed E-state index contributed by atoms with van der Waals surface area (Å²) in [5.74, 6) is -1.09. The molecule has 4 rings (SSSR count). The average Bonchev–Trinajstić information content (AvgIpc) is 2.76. The maximum Gasteiger partial charge on any atom is 0.259 e. The van der Waals surface area contributed by atoms with Crippen molar-refractivity contribution in [3.05, 3.63) is 88.4 Å². The maximum atomic E-state index is 13.4. The molecule has 0 saturated carbocycles. The van der Waals surface area contributed by atoms with Crippen LogP contribution in [0.1, 0.15) is 22.3 Å². The number of para-hydroxylation sites is 2. The number of fused-ring (bicyclic) bond motifs is 1. The fourth-order valence-corrected chi connectivity index (χ4v) is 3.75. The van der Waals surface area contributed by atoms with Gasteiger partial charge in [0.15, 0.2) is 0 Å². The van der Waals surface area contributed by atoms with Crippen LogP contribution in [0, 0.1) is 6.92 Å².